The number of carbonyl (C=O) groups excluding carboxylic acids is 1. The molecule has 0 aliphatic heterocycles. The SMILES string of the molecule is CC(C)(C)OC(=O)n1c(=O)n(C#N)c2ccccc21. The summed E-state index contributed by atoms with van der Waals surface area (Å²) in [6.45, 7) is 5.12. The van der Waals surface area contributed by atoms with Crippen LogP contribution in [0.2, 0.25) is 0 Å². The molecule has 0 fully saturated rings. The summed E-state index contributed by atoms with van der Waals surface area (Å²) in [6, 6.07) is 6.56. The van der Waals surface area contributed by atoms with Crippen molar-refractivity contribution in [3.05, 3.63) is 34.7 Å². The molecule has 0 radical (unpaired) electrons. The van der Waals surface area contributed by atoms with Crippen LogP contribution in [0.4, 0.5) is 4.79 Å². The topological polar surface area (TPSA) is 77.0 Å². The molecule has 2 aromatic rings. The van der Waals surface area contributed by atoms with Crippen molar-refractivity contribution < 1.29 is 9.53 Å². The average molecular weight is 259 g/mol. The van der Waals surface area contributed by atoms with Crippen LogP contribution in [0.3, 0.4) is 0 Å². The van der Waals surface area contributed by atoms with Crippen molar-refractivity contribution in [1.82, 2.24) is 9.13 Å². The Hall–Kier alpha value is -2.55. The Bertz CT molecular complexity index is 741. The maximum atomic E-state index is 12.0. The maximum absolute atomic E-state index is 12.0. The summed E-state index contributed by atoms with van der Waals surface area (Å²) in [5.41, 5.74) is -0.714. The van der Waals surface area contributed by atoms with Gasteiger partial charge in [-0.25, -0.2) is 9.59 Å². The summed E-state index contributed by atoms with van der Waals surface area (Å²) >= 11 is 0. The molecule has 1 aromatic heterocycles. The molecular weight excluding hydrogens is 246 g/mol. The zero-order valence-electron chi connectivity index (χ0n) is 10.9. The van der Waals surface area contributed by atoms with Crippen LogP contribution in [-0.2, 0) is 4.74 Å². The molecule has 0 bridgehead atoms. The second-order valence-electron chi connectivity index (χ2n) is 5.02. The number of aromatic nitrogens is 2. The van der Waals surface area contributed by atoms with E-state index < -0.39 is 17.4 Å². The fourth-order valence-corrected chi connectivity index (χ4v) is 1.73. The van der Waals surface area contributed by atoms with Crippen molar-refractivity contribution in [1.29, 1.82) is 5.26 Å². The summed E-state index contributed by atoms with van der Waals surface area (Å²) in [5.74, 6) is 0. The van der Waals surface area contributed by atoms with Crippen LogP contribution in [0.25, 0.3) is 11.0 Å². The zero-order valence-corrected chi connectivity index (χ0v) is 10.9. The summed E-state index contributed by atoms with van der Waals surface area (Å²) in [6.07, 6.45) is 0.963. The monoisotopic (exact) mass is 259 g/mol. The normalized spacial score (nSPS) is 11.3. The molecule has 0 N–H and O–H groups in total. The minimum Gasteiger partial charge on any atom is -0.443 e. The van der Waals surface area contributed by atoms with Gasteiger partial charge in [0.05, 0.1) is 11.0 Å². The first kappa shape index (κ1) is 12.9. The lowest BCUT2D eigenvalue weighted by Crippen LogP contribution is -2.33. The molecule has 0 saturated carbocycles. The van der Waals surface area contributed by atoms with Crippen LogP contribution in [0, 0.1) is 11.5 Å². The van der Waals surface area contributed by atoms with Gasteiger partial charge in [-0.1, -0.05) is 12.1 Å². The summed E-state index contributed by atoms with van der Waals surface area (Å²) in [5, 5.41) is 8.99. The Kier molecular flexibility index (Phi) is 2.91. The highest BCUT2D eigenvalue weighted by molar-refractivity contribution is 5.87. The van der Waals surface area contributed by atoms with Gasteiger partial charge in [-0.2, -0.15) is 14.4 Å². The number of nitrogens with zero attached hydrogens (tertiary/aromatic N) is 3. The zero-order chi connectivity index (χ0) is 14.2. The van der Waals surface area contributed by atoms with Crippen LogP contribution >= 0.6 is 0 Å². The molecule has 0 amide bonds. The Morgan fingerprint density at radius 2 is 1.84 bits per heavy atom. The number of benzene rings is 1. The molecule has 1 aromatic carbocycles. The quantitative estimate of drug-likeness (QED) is 0.724. The van der Waals surface area contributed by atoms with Gasteiger partial charge in [0, 0.05) is 0 Å². The lowest BCUT2D eigenvalue weighted by atomic mass is 10.2. The minimum atomic E-state index is -0.789. The van der Waals surface area contributed by atoms with Gasteiger partial charge >= 0.3 is 11.8 Å². The number of hydrogen-bond donors (Lipinski definition) is 0. The molecule has 0 spiro atoms. The standard InChI is InChI=1S/C13H13N3O3/c1-13(2,3)19-12(18)16-10-7-5-4-6-9(10)15(8-14)11(16)17/h4-7H,1-3H3. The Balaban J connectivity index is 2.68. The highest BCUT2D eigenvalue weighted by atomic mass is 16.6. The third kappa shape index (κ3) is 2.22. The third-order valence-corrected chi connectivity index (χ3v) is 2.42. The Labute approximate surface area is 109 Å². The number of imidazole rings is 1. The number of nitriles is 1. The van der Waals surface area contributed by atoms with Crippen molar-refractivity contribution >= 4 is 17.1 Å². The van der Waals surface area contributed by atoms with Crippen LogP contribution < -0.4 is 5.69 Å². The van der Waals surface area contributed by atoms with Crippen molar-refractivity contribution in [2.24, 2.45) is 0 Å². The van der Waals surface area contributed by atoms with Gasteiger partial charge in [0.1, 0.15) is 5.60 Å². The van der Waals surface area contributed by atoms with E-state index in [1.54, 1.807) is 51.2 Å². The molecule has 0 aliphatic carbocycles. The van der Waals surface area contributed by atoms with Gasteiger partial charge in [-0.05, 0) is 32.9 Å². The Morgan fingerprint density at radius 3 is 2.37 bits per heavy atom. The number of para-hydroxylation sites is 2. The predicted octanol–water partition coefficient (Wildman–Crippen LogP) is 1.92. The van der Waals surface area contributed by atoms with Crippen molar-refractivity contribution in [3.63, 3.8) is 0 Å². The van der Waals surface area contributed by atoms with E-state index in [0.717, 1.165) is 9.13 Å². The van der Waals surface area contributed by atoms with E-state index in [0.29, 0.717) is 11.0 Å². The number of rotatable bonds is 0. The number of ether oxygens (including phenoxy) is 1. The largest absolute Gasteiger partial charge is 0.443 e. The van der Waals surface area contributed by atoms with Crippen molar-refractivity contribution in [3.8, 4) is 6.19 Å². The van der Waals surface area contributed by atoms with Crippen molar-refractivity contribution in [2.75, 3.05) is 0 Å². The van der Waals surface area contributed by atoms with E-state index in [1.807, 2.05) is 0 Å². The molecule has 0 saturated heterocycles. The van der Waals surface area contributed by atoms with E-state index in [-0.39, 0.29) is 0 Å². The van der Waals surface area contributed by atoms with Crippen LogP contribution in [0.15, 0.2) is 29.1 Å². The summed E-state index contributed by atoms with van der Waals surface area (Å²) < 4.78 is 6.90. The summed E-state index contributed by atoms with van der Waals surface area (Å²) in [7, 11) is 0. The van der Waals surface area contributed by atoms with Gasteiger partial charge in [0.2, 0.25) is 0 Å². The number of hydrogen-bond acceptors (Lipinski definition) is 4. The van der Waals surface area contributed by atoms with Crippen LogP contribution in [0.1, 0.15) is 20.8 Å². The number of carbonyl (C=O) groups is 1. The first-order valence-corrected chi connectivity index (χ1v) is 5.71. The molecule has 0 unspecified atom stereocenters. The van der Waals surface area contributed by atoms with E-state index in [9.17, 15) is 9.59 Å². The lowest BCUT2D eigenvalue weighted by Gasteiger charge is -2.19. The fourth-order valence-electron chi connectivity index (χ4n) is 1.73. The van der Waals surface area contributed by atoms with Crippen LogP contribution in [0.5, 0.6) is 0 Å². The molecule has 6 heteroatoms. The highest BCUT2D eigenvalue weighted by Crippen LogP contribution is 2.14. The van der Waals surface area contributed by atoms with E-state index >= 15 is 0 Å². The van der Waals surface area contributed by atoms with Gasteiger partial charge in [-0.15, -0.1) is 0 Å². The van der Waals surface area contributed by atoms with Gasteiger partial charge in [-0.3, -0.25) is 0 Å². The van der Waals surface area contributed by atoms with E-state index in [1.165, 1.54) is 0 Å². The van der Waals surface area contributed by atoms with Crippen molar-refractivity contribution in [2.45, 2.75) is 26.4 Å². The predicted molar refractivity (Wildman–Crippen MR) is 68.8 cm³/mol. The van der Waals surface area contributed by atoms with Gasteiger partial charge in [0.15, 0.2) is 6.19 Å². The molecule has 6 nitrogen and oxygen atoms in total. The minimum absolute atomic E-state index is 0.350. The first-order chi connectivity index (χ1) is 8.85. The lowest BCUT2D eigenvalue weighted by molar-refractivity contribution is 0.0538. The number of fused-ring (bicyclic) bond motifs is 1. The molecular formula is C13H13N3O3. The maximum Gasteiger partial charge on any atom is 0.423 e. The molecule has 0 aliphatic rings. The van der Waals surface area contributed by atoms with Crippen LogP contribution in [-0.4, -0.2) is 20.8 Å². The first-order valence-electron chi connectivity index (χ1n) is 5.71. The molecule has 2 rings (SSSR count). The molecule has 98 valence electrons. The van der Waals surface area contributed by atoms with Gasteiger partial charge in [0.25, 0.3) is 0 Å². The van der Waals surface area contributed by atoms with Gasteiger partial charge < -0.3 is 4.74 Å². The molecule has 0 atom stereocenters. The molecule has 1 heterocycles. The second kappa shape index (κ2) is 4.28. The fraction of sp³-hybridized carbons (Fsp3) is 0.308. The van der Waals surface area contributed by atoms with E-state index in [4.69, 9.17) is 10.00 Å². The molecule has 19 heavy (non-hydrogen) atoms. The summed E-state index contributed by atoms with van der Waals surface area (Å²) in [4.78, 5) is 24.1. The second-order valence-corrected chi connectivity index (χ2v) is 5.02. The third-order valence-electron chi connectivity index (χ3n) is 2.42. The Morgan fingerprint density at radius 1 is 1.26 bits per heavy atom. The van der Waals surface area contributed by atoms with E-state index in [2.05, 4.69) is 0 Å². The smallest absolute Gasteiger partial charge is 0.423 e. The highest BCUT2D eigenvalue weighted by Gasteiger charge is 2.23. The average Bonchev–Trinajstić information content (AvgIpc) is 2.58.